The van der Waals surface area contributed by atoms with E-state index in [1.807, 2.05) is 0 Å². The van der Waals surface area contributed by atoms with Crippen molar-refractivity contribution >= 4 is 6.19 Å². The zero-order valence-electron chi connectivity index (χ0n) is 16.3. The van der Waals surface area contributed by atoms with Gasteiger partial charge in [0.15, 0.2) is 0 Å². The molecule has 0 saturated heterocycles. The van der Waals surface area contributed by atoms with E-state index >= 15 is 0 Å². The molecular weight excluding hydrogens is 330 g/mol. The van der Waals surface area contributed by atoms with Crippen molar-refractivity contribution in [3.05, 3.63) is 22.8 Å². The molecule has 0 aromatic rings. The van der Waals surface area contributed by atoms with E-state index in [2.05, 4.69) is 58.0 Å². The second kappa shape index (κ2) is 6.27. The zero-order chi connectivity index (χ0) is 17.0. The maximum atomic E-state index is 4.49. The van der Waals surface area contributed by atoms with Crippen LogP contribution in [0.2, 0.25) is 15.8 Å². The van der Waals surface area contributed by atoms with Crippen LogP contribution in [-0.4, -0.2) is 11.7 Å². The van der Waals surface area contributed by atoms with E-state index in [1.165, 1.54) is 32.1 Å². The molecule has 0 aliphatic heterocycles. The monoisotopic (exact) mass is 365 g/mol. The first-order chi connectivity index (χ1) is 10.7. The van der Waals surface area contributed by atoms with Crippen LogP contribution in [-0.2, 0) is 16.9 Å². The molecule has 2 bridgehead atoms. The summed E-state index contributed by atoms with van der Waals surface area (Å²) in [5.41, 5.74) is 6.24. The fourth-order valence-electron chi connectivity index (χ4n) is 5.15. The van der Waals surface area contributed by atoms with E-state index in [9.17, 15) is 0 Å². The number of hydrogen-bond donors (Lipinski definition) is 1. The molecule has 0 amide bonds. The maximum absolute atomic E-state index is 4.49. The van der Waals surface area contributed by atoms with Crippen LogP contribution in [0.15, 0.2) is 22.8 Å². The van der Waals surface area contributed by atoms with Crippen molar-refractivity contribution in [2.75, 3.05) is 0 Å². The summed E-state index contributed by atoms with van der Waals surface area (Å²) >= 11 is -1.43. The number of fused-ring (bicyclic) bond motifs is 2. The summed E-state index contributed by atoms with van der Waals surface area (Å²) in [5, 5.41) is 0. The third kappa shape index (κ3) is 3.03. The quantitative estimate of drug-likeness (QED) is 0.607. The van der Waals surface area contributed by atoms with E-state index in [0.29, 0.717) is 9.26 Å². The summed E-state index contributed by atoms with van der Waals surface area (Å²) in [5.74, 6) is 1.04. The Morgan fingerprint density at radius 1 is 1.22 bits per heavy atom. The molecule has 23 heavy (non-hydrogen) atoms. The van der Waals surface area contributed by atoms with Crippen molar-refractivity contribution in [1.82, 2.24) is 3.80 Å². The number of hydrogen-bond acceptors (Lipinski definition) is 1. The summed E-state index contributed by atoms with van der Waals surface area (Å²) in [7, 11) is 0. The zero-order valence-corrected chi connectivity index (χ0v) is 18.8. The van der Waals surface area contributed by atoms with Crippen LogP contribution >= 0.6 is 0 Å². The summed E-state index contributed by atoms with van der Waals surface area (Å²) in [6.07, 6.45) is 9.74. The van der Waals surface area contributed by atoms with Crippen molar-refractivity contribution in [3.8, 4) is 0 Å². The molecule has 1 atom stereocenters. The molecule has 3 aliphatic rings. The van der Waals surface area contributed by atoms with Gasteiger partial charge < -0.3 is 0 Å². The van der Waals surface area contributed by atoms with Gasteiger partial charge in [0, 0.05) is 0 Å². The van der Waals surface area contributed by atoms with Crippen molar-refractivity contribution < 1.29 is 16.9 Å². The van der Waals surface area contributed by atoms with Crippen LogP contribution in [0, 0.1) is 5.92 Å². The number of nitrogens with one attached hydrogen (secondary N) is 1. The molecule has 3 aliphatic carbocycles. The average Bonchev–Trinajstić information content (AvgIpc) is 3.15. The van der Waals surface area contributed by atoms with Crippen LogP contribution in [0.3, 0.4) is 0 Å². The van der Waals surface area contributed by atoms with Gasteiger partial charge in [-0.2, -0.15) is 0 Å². The third-order valence-electron chi connectivity index (χ3n) is 7.35. The predicted octanol–water partition coefficient (Wildman–Crippen LogP) is 5.95. The Morgan fingerprint density at radius 2 is 1.83 bits per heavy atom. The first-order valence-electron chi connectivity index (χ1n) is 9.56. The van der Waals surface area contributed by atoms with Crippen molar-refractivity contribution in [2.24, 2.45) is 5.92 Å². The molecule has 2 saturated carbocycles. The Bertz CT molecular complexity index is 605. The fourth-order valence-corrected chi connectivity index (χ4v) is 19.6. The number of rotatable bonds is 4. The summed E-state index contributed by atoms with van der Waals surface area (Å²) in [4.78, 5) is 0. The van der Waals surface area contributed by atoms with Crippen LogP contribution in [0.5, 0.6) is 0 Å². The summed E-state index contributed by atoms with van der Waals surface area (Å²) < 4.78 is 4.87. The van der Waals surface area contributed by atoms with E-state index < -0.39 is 16.9 Å². The summed E-state index contributed by atoms with van der Waals surface area (Å²) in [6, 6.07) is 0. The molecule has 0 spiro atoms. The van der Waals surface area contributed by atoms with E-state index in [-0.39, 0.29) is 6.19 Å². The molecule has 0 heterocycles. The number of allylic oxidation sites excluding steroid dienone is 4. The molecule has 128 valence electrons. The van der Waals surface area contributed by atoms with Gasteiger partial charge in [-0.25, -0.2) is 0 Å². The molecule has 3 rings (SSSR count). The van der Waals surface area contributed by atoms with Crippen molar-refractivity contribution in [3.63, 3.8) is 0 Å². The van der Waals surface area contributed by atoms with Gasteiger partial charge in [0.2, 0.25) is 0 Å². The fraction of sp³-hybridized carbons (Fsp3) is 0.800. The molecule has 3 heteroatoms. The topological polar surface area (TPSA) is 12.0 Å². The Kier molecular flexibility index (Phi) is 4.95. The van der Waals surface area contributed by atoms with Gasteiger partial charge in [-0.15, -0.1) is 0 Å². The van der Waals surface area contributed by atoms with Gasteiger partial charge in [0.25, 0.3) is 0 Å². The molecule has 0 aromatic heterocycles. The van der Waals surface area contributed by atoms with Crippen molar-refractivity contribution in [1.29, 1.82) is 0 Å². The van der Waals surface area contributed by atoms with Crippen LogP contribution < -0.4 is 3.80 Å². The average molecular weight is 365 g/mol. The van der Waals surface area contributed by atoms with E-state index in [0.717, 1.165) is 11.5 Å². The first kappa shape index (κ1) is 18.2. The molecule has 2 fully saturated rings. The first-order valence-corrected chi connectivity index (χ1v) is 15.5. The van der Waals surface area contributed by atoms with Gasteiger partial charge in [0.1, 0.15) is 0 Å². The van der Waals surface area contributed by atoms with Crippen LogP contribution in [0.4, 0.5) is 0 Å². The van der Waals surface area contributed by atoms with Crippen molar-refractivity contribution in [2.45, 2.75) is 95.0 Å². The van der Waals surface area contributed by atoms with Gasteiger partial charge >= 0.3 is 151 Å². The van der Waals surface area contributed by atoms with Crippen LogP contribution in [0.25, 0.3) is 0 Å². The van der Waals surface area contributed by atoms with E-state index in [4.69, 9.17) is 0 Å². The Balaban J connectivity index is 2.03. The standard InChI is InChI=1S/C9H13.C7H12N.C4H10Si.Ti/c1-6-5-7(2)9(4)8(6)3;8-7-3-1-6(5-7)2-4-7;1-4(2)5-3;/h5H,1-4H3;6,8H,1-5H2;4H,1-3H3;/q;-1;;+1. The van der Waals surface area contributed by atoms with Gasteiger partial charge in [0.05, 0.1) is 0 Å². The minimum atomic E-state index is -1.43. The second-order valence-electron chi connectivity index (χ2n) is 9.05. The summed E-state index contributed by atoms with van der Waals surface area (Å²) in [6.45, 7) is 17.3. The minimum absolute atomic E-state index is 0.304. The molecule has 1 unspecified atom stereocenters. The third-order valence-corrected chi connectivity index (χ3v) is 22.6. The van der Waals surface area contributed by atoms with Gasteiger partial charge in [-0.3, -0.25) is 0 Å². The molecular formula is C20H35NSiTi. The van der Waals surface area contributed by atoms with E-state index in [1.54, 1.807) is 16.7 Å². The molecule has 0 radical (unpaired) electrons. The molecule has 1 nitrogen and oxygen atoms in total. The Labute approximate surface area is 150 Å². The molecule has 0 aromatic carbocycles. The SMILES string of the molecule is CC1=C[C](C)([Ti]([NH]C23CCC(CC2)C3)=[Si](C)C(C)C)C(C)=C1C. The van der Waals surface area contributed by atoms with Gasteiger partial charge in [-0.1, -0.05) is 0 Å². The normalized spacial score (nSPS) is 37.7. The predicted molar refractivity (Wildman–Crippen MR) is 99.7 cm³/mol. The Hall–Kier alpha value is 0.371. The van der Waals surface area contributed by atoms with Gasteiger partial charge in [-0.05, 0) is 0 Å². The Morgan fingerprint density at radius 3 is 2.22 bits per heavy atom. The molecule has 1 N–H and O–H groups in total. The van der Waals surface area contributed by atoms with Crippen LogP contribution in [0.1, 0.15) is 73.6 Å². The second-order valence-corrected chi connectivity index (χ2v) is 20.5.